The first-order valence-electron chi connectivity index (χ1n) is 4.43. The first-order valence-corrected chi connectivity index (χ1v) is 4.43. The molecule has 6 heteroatoms. The number of nitrogens with two attached hydrogens (primary N) is 1. The van der Waals surface area contributed by atoms with Crippen LogP contribution in [0.1, 0.15) is 17.2 Å². The highest BCUT2D eigenvalue weighted by atomic mass is 15.4. The van der Waals surface area contributed by atoms with Crippen LogP contribution in [0.3, 0.4) is 0 Å². The summed E-state index contributed by atoms with van der Waals surface area (Å²) in [5.74, 6) is 6.36. The molecule has 2 heterocycles. The van der Waals surface area contributed by atoms with E-state index in [4.69, 9.17) is 11.3 Å². The van der Waals surface area contributed by atoms with E-state index < -0.39 is 0 Å². The maximum atomic E-state index is 7.73. The van der Waals surface area contributed by atoms with E-state index in [-0.39, 0.29) is 5.84 Å². The number of aromatic nitrogens is 2. The normalized spacial score (nSPS) is 14.2. The number of nitrogens with zero attached hydrogens (tertiary/aromatic N) is 3. The first kappa shape index (κ1) is 9.17. The van der Waals surface area contributed by atoms with Crippen molar-refractivity contribution < 1.29 is 0 Å². The van der Waals surface area contributed by atoms with Crippen LogP contribution >= 0.6 is 0 Å². The molecule has 4 N–H and O–H groups in total. The fraction of sp³-hybridized carbons (Fsp3) is 0.500. The molecular weight excluding hydrogens is 180 g/mol. The molecule has 0 unspecified atom stereocenters. The van der Waals surface area contributed by atoms with Crippen molar-refractivity contribution in [3.05, 3.63) is 17.2 Å². The standard InChI is InChI=1S/C8H14N6/c1-13-6-4-11-3-5(6)12-8(13)7(9)14(2)10/h9,11H,3-4,10H2,1-2H3. The van der Waals surface area contributed by atoms with Gasteiger partial charge in [0.05, 0.1) is 11.4 Å². The molecule has 2 rings (SSSR count). The molecule has 0 radical (unpaired) electrons. The summed E-state index contributed by atoms with van der Waals surface area (Å²) >= 11 is 0. The zero-order chi connectivity index (χ0) is 10.3. The topological polar surface area (TPSA) is 83.0 Å². The molecule has 1 aliphatic heterocycles. The van der Waals surface area contributed by atoms with Crippen LogP contribution in [0.15, 0.2) is 0 Å². The van der Waals surface area contributed by atoms with E-state index in [2.05, 4.69) is 10.3 Å². The number of hydrazine groups is 1. The summed E-state index contributed by atoms with van der Waals surface area (Å²) in [4.78, 5) is 4.37. The van der Waals surface area contributed by atoms with Crippen LogP contribution in [0.4, 0.5) is 0 Å². The number of hydrogen-bond donors (Lipinski definition) is 3. The van der Waals surface area contributed by atoms with E-state index in [0.717, 1.165) is 24.5 Å². The highest BCUT2D eigenvalue weighted by Gasteiger charge is 2.21. The Bertz CT molecular complexity index is 377. The lowest BCUT2D eigenvalue weighted by molar-refractivity contribution is 0.528. The molecule has 0 amide bonds. The summed E-state index contributed by atoms with van der Waals surface area (Å²) in [5.41, 5.74) is 2.17. The van der Waals surface area contributed by atoms with Gasteiger partial charge in [0, 0.05) is 27.2 Å². The molecule has 1 aromatic heterocycles. The van der Waals surface area contributed by atoms with Gasteiger partial charge in [0.2, 0.25) is 0 Å². The van der Waals surface area contributed by atoms with Gasteiger partial charge in [-0.3, -0.25) is 10.4 Å². The Kier molecular flexibility index (Phi) is 2.01. The van der Waals surface area contributed by atoms with Crippen molar-refractivity contribution in [1.29, 1.82) is 5.41 Å². The smallest absolute Gasteiger partial charge is 0.178 e. The molecule has 1 aromatic rings. The van der Waals surface area contributed by atoms with Gasteiger partial charge in [0.1, 0.15) is 0 Å². The quantitative estimate of drug-likeness (QED) is 0.235. The van der Waals surface area contributed by atoms with Gasteiger partial charge in [0.15, 0.2) is 11.7 Å². The molecule has 0 spiro atoms. The molecule has 0 atom stereocenters. The van der Waals surface area contributed by atoms with Crippen molar-refractivity contribution >= 4 is 5.84 Å². The SMILES string of the molecule is CN(N)C(=N)c1nc2c(n1C)CNC2. The van der Waals surface area contributed by atoms with E-state index in [9.17, 15) is 0 Å². The summed E-state index contributed by atoms with van der Waals surface area (Å²) in [6.45, 7) is 1.60. The number of imidazole rings is 1. The van der Waals surface area contributed by atoms with E-state index in [1.165, 1.54) is 5.01 Å². The fourth-order valence-corrected chi connectivity index (χ4v) is 1.62. The third-order valence-corrected chi connectivity index (χ3v) is 2.45. The van der Waals surface area contributed by atoms with E-state index in [0.29, 0.717) is 5.82 Å². The van der Waals surface area contributed by atoms with Gasteiger partial charge < -0.3 is 9.88 Å². The summed E-state index contributed by atoms with van der Waals surface area (Å²) in [6, 6.07) is 0. The molecule has 0 saturated carbocycles. The number of fused-ring (bicyclic) bond motifs is 1. The van der Waals surface area contributed by atoms with Gasteiger partial charge in [-0.1, -0.05) is 0 Å². The zero-order valence-corrected chi connectivity index (χ0v) is 8.33. The molecular formula is C8H14N6. The third-order valence-electron chi connectivity index (χ3n) is 2.45. The number of hydrogen-bond acceptors (Lipinski definition) is 4. The minimum absolute atomic E-state index is 0.238. The predicted octanol–water partition coefficient (Wildman–Crippen LogP) is -0.846. The van der Waals surface area contributed by atoms with Crippen LogP contribution in [0, 0.1) is 5.41 Å². The van der Waals surface area contributed by atoms with E-state index in [1.807, 2.05) is 11.6 Å². The number of nitrogens with one attached hydrogen (secondary N) is 2. The lowest BCUT2D eigenvalue weighted by Gasteiger charge is -2.13. The molecule has 0 aliphatic carbocycles. The molecule has 14 heavy (non-hydrogen) atoms. The lowest BCUT2D eigenvalue weighted by Crippen LogP contribution is -2.35. The molecule has 6 nitrogen and oxygen atoms in total. The Morgan fingerprint density at radius 2 is 2.36 bits per heavy atom. The summed E-state index contributed by atoms with van der Waals surface area (Å²) in [6.07, 6.45) is 0. The molecule has 1 aliphatic rings. The average molecular weight is 194 g/mol. The minimum atomic E-state index is 0.238. The molecule has 0 saturated heterocycles. The van der Waals surface area contributed by atoms with Crippen LogP contribution in [0.5, 0.6) is 0 Å². The Balaban J connectivity index is 2.41. The highest BCUT2D eigenvalue weighted by molar-refractivity contribution is 5.92. The lowest BCUT2D eigenvalue weighted by atomic mass is 10.4. The van der Waals surface area contributed by atoms with Gasteiger partial charge in [-0.2, -0.15) is 0 Å². The number of rotatable bonds is 1. The average Bonchev–Trinajstić information content (AvgIpc) is 2.68. The van der Waals surface area contributed by atoms with Crippen LogP contribution < -0.4 is 11.2 Å². The van der Waals surface area contributed by atoms with Crippen molar-refractivity contribution in [2.75, 3.05) is 7.05 Å². The molecule has 0 aromatic carbocycles. The molecule has 0 bridgehead atoms. The van der Waals surface area contributed by atoms with Crippen LogP contribution in [-0.2, 0) is 20.1 Å². The second-order valence-corrected chi connectivity index (χ2v) is 3.45. The van der Waals surface area contributed by atoms with Gasteiger partial charge in [-0.25, -0.2) is 10.8 Å². The third kappa shape index (κ3) is 1.19. The van der Waals surface area contributed by atoms with Crippen molar-refractivity contribution in [2.45, 2.75) is 13.1 Å². The second kappa shape index (κ2) is 3.07. The first-order chi connectivity index (χ1) is 6.61. The maximum Gasteiger partial charge on any atom is 0.178 e. The van der Waals surface area contributed by atoms with Crippen LogP contribution in [0.2, 0.25) is 0 Å². The summed E-state index contributed by atoms with van der Waals surface area (Å²) in [7, 11) is 3.55. The predicted molar refractivity (Wildman–Crippen MR) is 52.5 cm³/mol. The Labute approximate surface area is 82.2 Å². The molecule has 76 valence electrons. The summed E-state index contributed by atoms with van der Waals surface area (Å²) < 4.78 is 1.92. The monoisotopic (exact) mass is 194 g/mol. The van der Waals surface area contributed by atoms with Gasteiger partial charge in [0.25, 0.3) is 0 Å². The van der Waals surface area contributed by atoms with Gasteiger partial charge in [-0.05, 0) is 0 Å². The minimum Gasteiger partial charge on any atom is -0.327 e. The van der Waals surface area contributed by atoms with Crippen LogP contribution in [0.25, 0.3) is 0 Å². The van der Waals surface area contributed by atoms with Crippen molar-refractivity contribution in [2.24, 2.45) is 12.9 Å². The van der Waals surface area contributed by atoms with Gasteiger partial charge >= 0.3 is 0 Å². The Morgan fingerprint density at radius 3 is 2.93 bits per heavy atom. The largest absolute Gasteiger partial charge is 0.327 e. The van der Waals surface area contributed by atoms with Crippen molar-refractivity contribution in [3.63, 3.8) is 0 Å². The Morgan fingerprint density at radius 1 is 1.64 bits per heavy atom. The van der Waals surface area contributed by atoms with Gasteiger partial charge in [-0.15, -0.1) is 0 Å². The number of amidine groups is 1. The fourth-order valence-electron chi connectivity index (χ4n) is 1.62. The van der Waals surface area contributed by atoms with Crippen LogP contribution in [-0.4, -0.2) is 27.4 Å². The van der Waals surface area contributed by atoms with Crippen molar-refractivity contribution in [1.82, 2.24) is 19.9 Å². The summed E-state index contributed by atoms with van der Waals surface area (Å²) in [5, 5.41) is 12.2. The highest BCUT2D eigenvalue weighted by Crippen LogP contribution is 2.15. The Hall–Kier alpha value is -1.40. The van der Waals surface area contributed by atoms with E-state index in [1.54, 1.807) is 7.05 Å². The maximum absolute atomic E-state index is 7.73. The molecule has 0 fully saturated rings. The zero-order valence-electron chi connectivity index (χ0n) is 8.33. The van der Waals surface area contributed by atoms with E-state index >= 15 is 0 Å². The second-order valence-electron chi connectivity index (χ2n) is 3.45. The van der Waals surface area contributed by atoms with Crippen molar-refractivity contribution in [3.8, 4) is 0 Å².